The van der Waals surface area contributed by atoms with Crippen LogP contribution in [0.15, 0.2) is 47.4 Å². The number of nitrogens with one attached hydrogen (secondary N) is 2. The first-order valence-corrected chi connectivity index (χ1v) is 9.87. The lowest BCUT2D eigenvalue weighted by molar-refractivity contribution is -0.113. The van der Waals surface area contributed by atoms with Crippen LogP contribution in [0.1, 0.15) is 5.56 Å². The molecule has 2 aromatic rings. The van der Waals surface area contributed by atoms with E-state index in [4.69, 9.17) is 0 Å². The largest absolute Gasteiger partial charge is 0.325 e. The van der Waals surface area contributed by atoms with Gasteiger partial charge in [0.15, 0.2) is 0 Å². The number of halogens is 1. The Labute approximate surface area is 144 Å². The van der Waals surface area contributed by atoms with E-state index in [0.29, 0.717) is 11.4 Å². The van der Waals surface area contributed by atoms with Crippen LogP contribution < -0.4 is 10.0 Å². The Morgan fingerprint density at radius 3 is 2.46 bits per heavy atom. The van der Waals surface area contributed by atoms with E-state index in [1.54, 1.807) is 37.3 Å². The van der Waals surface area contributed by atoms with Gasteiger partial charge in [0.05, 0.1) is 17.7 Å². The summed E-state index contributed by atoms with van der Waals surface area (Å²) < 4.78 is 37.9. The number of aryl methyl sites for hydroxylation is 1. The number of benzene rings is 2. The van der Waals surface area contributed by atoms with E-state index in [2.05, 4.69) is 10.0 Å². The SMILES string of the molecule is Cc1ccc(NC(=O)CSc2ccc(F)cc2)cc1NS(C)(=O)=O. The quantitative estimate of drug-likeness (QED) is 0.768. The first kappa shape index (κ1) is 18.3. The highest BCUT2D eigenvalue weighted by molar-refractivity contribution is 8.00. The van der Waals surface area contributed by atoms with Crippen LogP contribution in [0.3, 0.4) is 0 Å². The van der Waals surface area contributed by atoms with Crippen molar-refractivity contribution in [3.63, 3.8) is 0 Å². The van der Waals surface area contributed by atoms with E-state index >= 15 is 0 Å². The van der Waals surface area contributed by atoms with E-state index in [1.807, 2.05) is 0 Å². The zero-order chi connectivity index (χ0) is 17.7. The molecular formula is C16H17FN2O3S2. The predicted molar refractivity (Wildman–Crippen MR) is 95.4 cm³/mol. The Morgan fingerprint density at radius 1 is 1.17 bits per heavy atom. The maximum absolute atomic E-state index is 12.8. The smallest absolute Gasteiger partial charge is 0.234 e. The number of carbonyl (C=O) groups excluding carboxylic acids is 1. The minimum absolute atomic E-state index is 0.161. The highest BCUT2D eigenvalue weighted by atomic mass is 32.2. The molecule has 0 aliphatic rings. The second-order valence-corrected chi connectivity index (χ2v) is 7.99. The van der Waals surface area contributed by atoms with E-state index in [-0.39, 0.29) is 17.5 Å². The van der Waals surface area contributed by atoms with Gasteiger partial charge >= 0.3 is 0 Å². The molecule has 0 saturated heterocycles. The van der Waals surface area contributed by atoms with Crippen LogP contribution in [-0.4, -0.2) is 26.3 Å². The van der Waals surface area contributed by atoms with Gasteiger partial charge in [-0.1, -0.05) is 6.07 Å². The van der Waals surface area contributed by atoms with Gasteiger partial charge in [-0.15, -0.1) is 11.8 Å². The van der Waals surface area contributed by atoms with Gasteiger partial charge < -0.3 is 5.32 Å². The Hall–Kier alpha value is -2.06. The fourth-order valence-corrected chi connectivity index (χ4v) is 3.20. The van der Waals surface area contributed by atoms with Crippen LogP contribution in [0.5, 0.6) is 0 Å². The topological polar surface area (TPSA) is 75.3 Å². The molecule has 8 heteroatoms. The maximum atomic E-state index is 12.8. The zero-order valence-electron chi connectivity index (χ0n) is 13.2. The van der Waals surface area contributed by atoms with Crippen LogP contribution in [0.4, 0.5) is 15.8 Å². The van der Waals surface area contributed by atoms with Gasteiger partial charge in [0.2, 0.25) is 15.9 Å². The molecule has 1 amide bonds. The molecule has 0 saturated carbocycles. The van der Waals surface area contributed by atoms with Gasteiger partial charge in [-0.3, -0.25) is 9.52 Å². The molecule has 24 heavy (non-hydrogen) atoms. The molecule has 0 aliphatic heterocycles. The zero-order valence-corrected chi connectivity index (χ0v) is 14.8. The first-order valence-electron chi connectivity index (χ1n) is 6.99. The molecule has 0 atom stereocenters. The van der Waals surface area contributed by atoms with Crippen LogP contribution in [0.25, 0.3) is 0 Å². The molecule has 0 heterocycles. The minimum atomic E-state index is -3.39. The number of hydrogen-bond acceptors (Lipinski definition) is 4. The lowest BCUT2D eigenvalue weighted by Gasteiger charge is -2.11. The molecule has 0 spiro atoms. The number of anilines is 2. The third-order valence-corrected chi connectivity index (χ3v) is 4.60. The van der Waals surface area contributed by atoms with Crippen LogP contribution in [0.2, 0.25) is 0 Å². The van der Waals surface area contributed by atoms with Gasteiger partial charge in [-0.25, -0.2) is 12.8 Å². The van der Waals surface area contributed by atoms with Gasteiger partial charge in [-0.2, -0.15) is 0 Å². The predicted octanol–water partition coefficient (Wildman–Crippen LogP) is 3.24. The van der Waals surface area contributed by atoms with Crippen molar-refractivity contribution in [2.75, 3.05) is 22.0 Å². The van der Waals surface area contributed by atoms with Crippen LogP contribution in [-0.2, 0) is 14.8 Å². The van der Waals surface area contributed by atoms with E-state index in [0.717, 1.165) is 16.7 Å². The van der Waals surface area contributed by atoms with Crippen molar-refractivity contribution in [2.24, 2.45) is 0 Å². The Kier molecular flexibility index (Phi) is 5.84. The van der Waals surface area contributed by atoms with E-state index in [1.165, 1.54) is 23.9 Å². The average molecular weight is 368 g/mol. The Bertz CT molecular complexity index is 837. The van der Waals surface area contributed by atoms with Crippen molar-refractivity contribution < 1.29 is 17.6 Å². The summed E-state index contributed by atoms with van der Waals surface area (Å²) in [6, 6.07) is 10.9. The Balaban J connectivity index is 1.98. The molecule has 0 fully saturated rings. The molecule has 2 N–H and O–H groups in total. The number of amides is 1. The highest BCUT2D eigenvalue weighted by Crippen LogP contribution is 2.22. The van der Waals surface area contributed by atoms with Crippen molar-refractivity contribution >= 4 is 39.1 Å². The lowest BCUT2D eigenvalue weighted by Crippen LogP contribution is -2.15. The van der Waals surface area contributed by atoms with Gasteiger partial charge in [0, 0.05) is 10.6 Å². The normalized spacial score (nSPS) is 11.1. The van der Waals surface area contributed by atoms with Crippen molar-refractivity contribution in [1.82, 2.24) is 0 Å². The molecule has 128 valence electrons. The molecule has 0 bridgehead atoms. The summed E-state index contributed by atoms with van der Waals surface area (Å²) >= 11 is 1.28. The van der Waals surface area contributed by atoms with Crippen molar-refractivity contribution in [1.29, 1.82) is 0 Å². The fourth-order valence-electron chi connectivity index (χ4n) is 1.89. The third kappa shape index (κ3) is 5.86. The summed E-state index contributed by atoms with van der Waals surface area (Å²) in [5, 5.41) is 2.71. The monoisotopic (exact) mass is 368 g/mol. The minimum Gasteiger partial charge on any atom is -0.325 e. The number of carbonyl (C=O) groups is 1. The molecule has 0 aliphatic carbocycles. The highest BCUT2D eigenvalue weighted by Gasteiger charge is 2.08. The summed E-state index contributed by atoms with van der Waals surface area (Å²) in [5.41, 5.74) is 1.66. The van der Waals surface area contributed by atoms with Gasteiger partial charge in [0.25, 0.3) is 0 Å². The number of rotatable bonds is 6. The van der Waals surface area contributed by atoms with Gasteiger partial charge in [-0.05, 0) is 48.9 Å². The van der Waals surface area contributed by atoms with E-state index < -0.39 is 10.0 Å². The molecular weight excluding hydrogens is 351 g/mol. The molecule has 0 unspecified atom stereocenters. The molecule has 0 radical (unpaired) electrons. The standard InChI is InChI=1S/C16H17FN2O3S2/c1-11-3-6-13(9-15(11)19-24(2,21)22)18-16(20)10-23-14-7-4-12(17)5-8-14/h3-9,19H,10H2,1-2H3,(H,18,20). The summed E-state index contributed by atoms with van der Waals surface area (Å²) in [5.74, 6) is -0.401. The lowest BCUT2D eigenvalue weighted by atomic mass is 10.2. The summed E-state index contributed by atoms with van der Waals surface area (Å²) in [7, 11) is -3.39. The second-order valence-electron chi connectivity index (χ2n) is 5.19. The Morgan fingerprint density at radius 2 is 1.83 bits per heavy atom. The molecule has 5 nitrogen and oxygen atoms in total. The van der Waals surface area contributed by atoms with Crippen molar-refractivity contribution in [2.45, 2.75) is 11.8 Å². The van der Waals surface area contributed by atoms with Crippen LogP contribution >= 0.6 is 11.8 Å². The van der Waals surface area contributed by atoms with Crippen molar-refractivity contribution in [3.8, 4) is 0 Å². The summed E-state index contributed by atoms with van der Waals surface area (Å²) in [4.78, 5) is 12.8. The van der Waals surface area contributed by atoms with Crippen LogP contribution in [0, 0.1) is 12.7 Å². The maximum Gasteiger partial charge on any atom is 0.234 e. The molecule has 0 aromatic heterocycles. The fraction of sp³-hybridized carbons (Fsp3) is 0.188. The first-order chi connectivity index (χ1) is 11.2. The number of thioether (sulfide) groups is 1. The summed E-state index contributed by atoms with van der Waals surface area (Å²) in [6.45, 7) is 1.77. The number of hydrogen-bond donors (Lipinski definition) is 2. The number of sulfonamides is 1. The average Bonchev–Trinajstić information content (AvgIpc) is 2.49. The van der Waals surface area contributed by atoms with E-state index in [9.17, 15) is 17.6 Å². The molecule has 2 aromatic carbocycles. The summed E-state index contributed by atoms with van der Waals surface area (Å²) in [6.07, 6.45) is 1.07. The third-order valence-electron chi connectivity index (χ3n) is 3.00. The second kappa shape index (κ2) is 7.67. The van der Waals surface area contributed by atoms with Gasteiger partial charge in [0.1, 0.15) is 5.82 Å². The molecule has 2 rings (SSSR count). The van der Waals surface area contributed by atoms with Crippen molar-refractivity contribution in [3.05, 3.63) is 53.8 Å².